The van der Waals surface area contributed by atoms with Gasteiger partial charge in [-0.15, -0.1) is 0 Å². The van der Waals surface area contributed by atoms with Gasteiger partial charge >= 0.3 is 0 Å². The third-order valence-electron chi connectivity index (χ3n) is 3.77. The van der Waals surface area contributed by atoms with E-state index < -0.39 is 4.92 Å². The maximum Gasteiger partial charge on any atom is 0.278 e. The Morgan fingerprint density at radius 2 is 1.64 bits per heavy atom. The zero-order valence-corrected chi connectivity index (χ0v) is 13.3. The van der Waals surface area contributed by atoms with Crippen LogP contribution >= 0.6 is 0 Å². The predicted molar refractivity (Wildman–Crippen MR) is 94.7 cm³/mol. The van der Waals surface area contributed by atoms with Crippen LogP contribution in [0.3, 0.4) is 0 Å². The number of rotatable bonds is 6. The van der Waals surface area contributed by atoms with E-state index in [1.807, 2.05) is 36.4 Å². The Kier molecular flexibility index (Phi) is 4.85. The van der Waals surface area contributed by atoms with Gasteiger partial charge in [-0.3, -0.25) is 14.9 Å². The third kappa shape index (κ3) is 3.72. The van der Waals surface area contributed by atoms with Crippen molar-refractivity contribution >= 4 is 12.0 Å². The number of nitro benzene ring substituents is 1. The average molecular weight is 333 g/mol. The highest BCUT2D eigenvalue weighted by Gasteiger charge is 2.19. The summed E-state index contributed by atoms with van der Waals surface area (Å²) in [6.07, 6.45) is 0.592. The molecule has 0 N–H and O–H groups in total. The van der Waals surface area contributed by atoms with Crippen LogP contribution in [0.15, 0.2) is 72.8 Å². The summed E-state index contributed by atoms with van der Waals surface area (Å²) in [5.41, 5.74) is 2.17. The van der Waals surface area contributed by atoms with E-state index in [2.05, 4.69) is 0 Å². The Hall–Kier alpha value is -3.47. The zero-order valence-electron chi connectivity index (χ0n) is 13.3. The maximum absolute atomic E-state index is 11.4. The van der Waals surface area contributed by atoms with Gasteiger partial charge in [0, 0.05) is 17.2 Å². The first-order chi connectivity index (χ1) is 12.2. The summed E-state index contributed by atoms with van der Waals surface area (Å²) in [5, 5.41) is 11.4. The smallest absolute Gasteiger partial charge is 0.278 e. The molecule has 0 aliphatic heterocycles. The third-order valence-corrected chi connectivity index (χ3v) is 3.77. The van der Waals surface area contributed by atoms with Gasteiger partial charge in [0.15, 0.2) is 0 Å². The average Bonchev–Trinajstić information content (AvgIpc) is 2.67. The quantitative estimate of drug-likeness (QED) is 0.374. The Bertz CT molecular complexity index is 907. The van der Waals surface area contributed by atoms with Gasteiger partial charge in [-0.05, 0) is 17.7 Å². The molecule has 0 atom stereocenters. The van der Waals surface area contributed by atoms with E-state index in [0.717, 1.165) is 5.56 Å². The standard InChI is InChI=1S/C20H15NO4/c22-13-16-10-11-17(19(12-16)21(23)24)18-8-4-5-9-20(18)25-14-15-6-2-1-3-7-15/h1-13H,14H2. The monoisotopic (exact) mass is 333 g/mol. The largest absolute Gasteiger partial charge is 0.488 e. The molecule has 3 rings (SSSR count). The lowest BCUT2D eigenvalue weighted by molar-refractivity contribution is -0.384. The summed E-state index contributed by atoms with van der Waals surface area (Å²) in [7, 11) is 0. The second-order valence-electron chi connectivity index (χ2n) is 5.42. The molecule has 0 aromatic heterocycles. The fourth-order valence-corrected chi connectivity index (χ4v) is 2.55. The van der Waals surface area contributed by atoms with Crippen LogP contribution in [0.2, 0.25) is 0 Å². The van der Waals surface area contributed by atoms with Crippen LogP contribution in [0.1, 0.15) is 15.9 Å². The first kappa shape index (κ1) is 16.4. The minimum Gasteiger partial charge on any atom is -0.488 e. The molecule has 0 heterocycles. The number of ether oxygens (including phenoxy) is 1. The maximum atomic E-state index is 11.4. The Morgan fingerprint density at radius 3 is 2.36 bits per heavy atom. The number of aldehydes is 1. The highest BCUT2D eigenvalue weighted by atomic mass is 16.6. The van der Waals surface area contributed by atoms with E-state index in [1.54, 1.807) is 30.3 Å². The number of benzene rings is 3. The Balaban J connectivity index is 1.98. The van der Waals surface area contributed by atoms with Crippen molar-refractivity contribution in [1.29, 1.82) is 0 Å². The number of nitro groups is 1. The van der Waals surface area contributed by atoms with Crippen molar-refractivity contribution in [3.63, 3.8) is 0 Å². The molecule has 5 heteroatoms. The first-order valence-electron chi connectivity index (χ1n) is 7.69. The van der Waals surface area contributed by atoms with Crippen LogP contribution in [-0.4, -0.2) is 11.2 Å². The lowest BCUT2D eigenvalue weighted by Gasteiger charge is -2.12. The van der Waals surface area contributed by atoms with Gasteiger partial charge < -0.3 is 4.74 Å². The summed E-state index contributed by atoms with van der Waals surface area (Å²) in [4.78, 5) is 21.8. The summed E-state index contributed by atoms with van der Waals surface area (Å²) >= 11 is 0. The Morgan fingerprint density at radius 1 is 0.920 bits per heavy atom. The molecule has 0 aliphatic rings. The first-order valence-corrected chi connectivity index (χ1v) is 7.69. The van der Waals surface area contributed by atoms with E-state index in [1.165, 1.54) is 6.07 Å². The molecule has 0 saturated heterocycles. The van der Waals surface area contributed by atoms with E-state index in [9.17, 15) is 14.9 Å². The minimum atomic E-state index is -0.490. The van der Waals surface area contributed by atoms with Crippen molar-refractivity contribution in [2.24, 2.45) is 0 Å². The lowest BCUT2D eigenvalue weighted by Crippen LogP contribution is -1.99. The number of hydrogen-bond acceptors (Lipinski definition) is 4. The van der Waals surface area contributed by atoms with Crippen LogP contribution in [0.5, 0.6) is 5.75 Å². The van der Waals surface area contributed by atoms with E-state index in [-0.39, 0.29) is 11.3 Å². The topological polar surface area (TPSA) is 69.4 Å². The van der Waals surface area contributed by atoms with Crippen LogP contribution in [0.25, 0.3) is 11.1 Å². The van der Waals surface area contributed by atoms with Crippen LogP contribution < -0.4 is 4.74 Å². The minimum absolute atomic E-state index is 0.125. The van der Waals surface area contributed by atoms with Crippen molar-refractivity contribution in [1.82, 2.24) is 0 Å². The van der Waals surface area contributed by atoms with Gasteiger partial charge in [0.25, 0.3) is 5.69 Å². The summed E-state index contributed by atoms with van der Waals surface area (Å²) in [5.74, 6) is 0.549. The number of carbonyl (C=O) groups excluding carboxylic acids is 1. The molecule has 0 spiro atoms. The van der Waals surface area contributed by atoms with Crippen LogP contribution in [0, 0.1) is 10.1 Å². The number of para-hydroxylation sites is 1. The van der Waals surface area contributed by atoms with Gasteiger partial charge in [0.05, 0.1) is 10.5 Å². The molecule has 5 nitrogen and oxygen atoms in total. The molecule has 0 amide bonds. The number of nitrogens with zero attached hydrogens (tertiary/aromatic N) is 1. The molecule has 124 valence electrons. The molecule has 0 fully saturated rings. The normalized spacial score (nSPS) is 10.2. The molecule has 3 aromatic rings. The van der Waals surface area contributed by atoms with E-state index in [4.69, 9.17) is 4.74 Å². The van der Waals surface area contributed by atoms with Gasteiger partial charge in [0.1, 0.15) is 18.6 Å². The lowest BCUT2D eigenvalue weighted by atomic mass is 10.0. The summed E-state index contributed by atoms with van der Waals surface area (Å²) in [6, 6.07) is 21.2. The van der Waals surface area contributed by atoms with Crippen LogP contribution in [0.4, 0.5) is 5.69 Å². The number of hydrogen-bond donors (Lipinski definition) is 0. The molecule has 0 aliphatic carbocycles. The molecular formula is C20H15NO4. The summed E-state index contributed by atoms with van der Waals surface area (Å²) in [6.45, 7) is 0.359. The zero-order chi connectivity index (χ0) is 17.6. The van der Waals surface area contributed by atoms with Crippen molar-refractivity contribution in [3.8, 4) is 16.9 Å². The molecular weight excluding hydrogens is 318 g/mol. The highest BCUT2D eigenvalue weighted by molar-refractivity contribution is 5.84. The Labute approximate surface area is 144 Å². The van der Waals surface area contributed by atoms with Gasteiger partial charge in [-0.1, -0.05) is 54.6 Å². The van der Waals surface area contributed by atoms with E-state index in [0.29, 0.717) is 29.8 Å². The molecule has 25 heavy (non-hydrogen) atoms. The highest BCUT2D eigenvalue weighted by Crippen LogP contribution is 2.36. The second kappa shape index (κ2) is 7.40. The fourth-order valence-electron chi connectivity index (χ4n) is 2.55. The summed E-state index contributed by atoms with van der Waals surface area (Å²) < 4.78 is 5.88. The predicted octanol–water partition coefficient (Wildman–Crippen LogP) is 4.65. The van der Waals surface area contributed by atoms with Crippen molar-refractivity contribution in [3.05, 3.63) is 94.0 Å². The van der Waals surface area contributed by atoms with Gasteiger partial charge in [0.2, 0.25) is 0 Å². The molecule has 0 bridgehead atoms. The van der Waals surface area contributed by atoms with Crippen molar-refractivity contribution in [2.45, 2.75) is 6.61 Å². The fraction of sp³-hybridized carbons (Fsp3) is 0.0500. The molecule has 0 unspecified atom stereocenters. The van der Waals surface area contributed by atoms with Gasteiger partial charge in [-0.25, -0.2) is 0 Å². The molecule has 0 radical (unpaired) electrons. The van der Waals surface area contributed by atoms with E-state index >= 15 is 0 Å². The number of carbonyl (C=O) groups is 1. The van der Waals surface area contributed by atoms with Crippen molar-refractivity contribution < 1.29 is 14.5 Å². The van der Waals surface area contributed by atoms with Crippen molar-refractivity contribution in [2.75, 3.05) is 0 Å². The SMILES string of the molecule is O=Cc1ccc(-c2ccccc2OCc2ccccc2)c([N+](=O)[O-])c1. The molecule has 0 saturated carbocycles. The molecule has 3 aromatic carbocycles. The second-order valence-corrected chi connectivity index (χ2v) is 5.42. The van der Waals surface area contributed by atoms with Gasteiger partial charge in [-0.2, -0.15) is 0 Å². The van der Waals surface area contributed by atoms with Crippen LogP contribution in [-0.2, 0) is 6.61 Å².